The van der Waals surface area contributed by atoms with Crippen molar-refractivity contribution in [2.24, 2.45) is 0 Å². The first-order chi connectivity index (χ1) is 13.2. The molecule has 0 aromatic heterocycles. The number of hydrogen-bond acceptors (Lipinski definition) is 4. The van der Waals surface area contributed by atoms with Gasteiger partial charge in [-0.2, -0.15) is 0 Å². The Hall–Kier alpha value is -2.38. The minimum Gasteiger partial charge on any atom is -0.350 e. The topological polar surface area (TPSA) is 83.6 Å². The standard InChI is InChI=1S/C20H21ClN2O4S/c1-28(26,27)11-10-18(19(24)22-12-14-6-8-16(21)9-7-14)23-13-15-4-2-3-5-17(15)20(23)25/h2-9,18H,10-13H2,1H3,(H,22,24). The van der Waals surface area contributed by atoms with Gasteiger partial charge in [0.1, 0.15) is 15.9 Å². The second kappa shape index (κ2) is 8.32. The summed E-state index contributed by atoms with van der Waals surface area (Å²) < 4.78 is 23.3. The third kappa shape index (κ3) is 4.91. The third-order valence-electron chi connectivity index (χ3n) is 4.67. The van der Waals surface area contributed by atoms with Crippen LogP contribution in [0.4, 0.5) is 0 Å². The molecule has 2 aromatic carbocycles. The van der Waals surface area contributed by atoms with Crippen molar-refractivity contribution in [1.82, 2.24) is 10.2 Å². The van der Waals surface area contributed by atoms with Crippen molar-refractivity contribution in [2.75, 3.05) is 12.0 Å². The number of sulfone groups is 1. The first-order valence-corrected chi connectivity index (χ1v) is 11.3. The molecule has 3 rings (SSSR count). The van der Waals surface area contributed by atoms with E-state index in [2.05, 4.69) is 5.32 Å². The molecule has 0 aliphatic carbocycles. The van der Waals surface area contributed by atoms with E-state index >= 15 is 0 Å². The molecule has 0 radical (unpaired) electrons. The third-order valence-corrected chi connectivity index (χ3v) is 5.90. The molecule has 1 aliphatic heterocycles. The Kier molecular flexibility index (Phi) is 6.05. The lowest BCUT2D eigenvalue weighted by Gasteiger charge is -2.26. The molecule has 0 saturated heterocycles. The summed E-state index contributed by atoms with van der Waals surface area (Å²) in [6.07, 6.45) is 1.17. The molecular formula is C20H21ClN2O4S. The minimum absolute atomic E-state index is 0.0466. The van der Waals surface area contributed by atoms with Gasteiger partial charge in [0.25, 0.3) is 5.91 Å². The van der Waals surface area contributed by atoms with Crippen LogP contribution >= 0.6 is 11.6 Å². The van der Waals surface area contributed by atoms with Crippen LogP contribution in [-0.4, -0.2) is 43.2 Å². The molecule has 2 aromatic rings. The lowest BCUT2D eigenvalue weighted by Crippen LogP contribution is -2.47. The highest BCUT2D eigenvalue weighted by molar-refractivity contribution is 7.90. The quantitative estimate of drug-likeness (QED) is 0.745. The monoisotopic (exact) mass is 420 g/mol. The summed E-state index contributed by atoms with van der Waals surface area (Å²) >= 11 is 5.87. The maximum Gasteiger partial charge on any atom is 0.255 e. The van der Waals surface area contributed by atoms with Crippen LogP contribution in [0.25, 0.3) is 0 Å². The highest BCUT2D eigenvalue weighted by Crippen LogP contribution is 2.26. The Morgan fingerprint density at radius 1 is 1.18 bits per heavy atom. The zero-order chi connectivity index (χ0) is 20.3. The van der Waals surface area contributed by atoms with Crippen LogP contribution in [0, 0.1) is 0 Å². The normalized spacial score (nSPS) is 14.6. The second-order valence-electron chi connectivity index (χ2n) is 6.87. The molecule has 0 saturated carbocycles. The van der Waals surface area contributed by atoms with Gasteiger partial charge in [0.05, 0.1) is 5.75 Å². The van der Waals surface area contributed by atoms with Crippen LogP contribution in [0.2, 0.25) is 5.02 Å². The van der Waals surface area contributed by atoms with E-state index in [4.69, 9.17) is 11.6 Å². The Labute approximate surface area is 169 Å². The van der Waals surface area contributed by atoms with Gasteiger partial charge in [0.15, 0.2) is 0 Å². The fourth-order valence-electron chi connectivity index (χ4n) is 3.19. The van der Waals surface area contributed by atoms with E-state index in [0.29, 0.717) is 10.6 Å². The summed E-state index contributed by atoms with van der Waals surface area (Å²) in [5, 5.41) is 3.41. The van der Waals surface area contributed by atoms with Gasteiger partial charge in [-0.15, -0.1) is 0 Å². The van der Waals surface area contributed by atoms with Crippen LogP contribution in [0.3, 0.4) is 0 Å². The van der Waals surface area contributed by atoms with Gasteiger partial charge in [-0.3, -0.25) is 9.59 Å². The number of hydrogen-bond donors (Lipinski definition) is 1. The zero-order valence-corrected chi connectivity index (χ0v) is 17.0. The van der Waals surface area contributed by atoms with Gasteiger partial charge in [0.2, 0.25) is 5.91 Å². The highest BCUT2D eigenvalue weighted by Gasteiger charge is 2.36. The van der Waals surface area contributed by atoms with E-state index in [9.17, 15) is 18.0 Å². The number of rotatable bonds is 7. The largest absolute Gasteiger partial charge is 0.350 e. The van der Waals surface area contributed by atoms with Crippen molar-refractivity contribution in [3.63, 3.8) is 0 Å². The number of nitrogens with one attached hydrogen (secondary N) is 1. The molecule has 8 heteroatoms. The lowest BCUT2D eigenvalue weighted by molar-refractivity contribution is -0.126. The van der Waals surface area contributed by atoms with E-state index < -0.39 is 15.9 Å². The fourth-order valence-corrected chi connectivity index (χ4v) is 3.97. The van der Waals surface area contributed by atoms with Gasteiger partial charge < -0.3 is 10.2 Å². The van der Waals surface area contributed by atoms with Crippen LogP contribution in [-0.2, 0) is 27.7 Å². The number of amides is 2. The van der Waals surface area contributed by atoms with E-state index in [1.807, 2.05) is 12.1 Å². The Balaban J connectivity index is 1.76. The molecule has 1 heterocycles. The molecule has 2 amide bonds. The highest BCUT2D eigenvalue weighted by atomic mass is 35.5. The first kappa shape index (κ1) is 20.4. The summed E-state index contributed by atoms with van der Waals surface area (Å²) in [6.45, 7) is 0.554. The number of fused-ring (bicyclic) bond motifs is 1. The van der Waals surface area contributed by atoms with Gasteiger partial charge in [-0.05, 0) is 35.7 Å². The zero-order valence-electron chi connectivity index (χ0n) is 15.4. The number of halogens is 1. The summed E-state index contributed by atoms with van der Waals surface area (Å²) in [6, 6.07) is 13.4. The van der Waals surface area contributed by atoms with E-state index in [0.717, 1.165) is 17.4 Å². The van der Waals surface area contributed by atoms with Crippen LogP contribution in [0.15, 0.2) is 48.5 Å². The van der Waals surface area contributed by atoms with Crippen molar-refractivity contribution in [1.29, 1.82) is 0 Å². The Morgan fingerprint density at radius 3 is 2.50 bits per heavy atom. The van der Waals surface area contributed by atoms with Crippen molar-refractivity contribution in [2.45, 2.75) is 25.6 Å². The van der Waals surface area contributed by atoms with E-state index in [1.165, 1.54) is 4.90 Å². The summed E-state index contributed by atoms with van der Waals surface area (Å²) in [5.74, 6) is -0.804. The average Bonchev–Trinajstić information content (AvgIpc) is 2.97. The summed E-state index contributed by atoms with van der Waals surface area (Å²) in [5.41, 5.74) is 2.25. The first-order valence-electron chi connectivity index (χ1n) is 8.83. The molecular weight excluding hydrogens is 400 g/mol. The molecule has 28 heavy (non-hydrogen) atoms. The molecule has 6 nitrogen and oxygen atoms in total. The van der Waals surface area contributed by atoms with Crippen LogP contribution < -0.4 is 5.32 Å². The summed E-state index contributed by atoms with van der Waals surface area (Å²) in [7, 11) is -3.27. The SMILES string of the molecule is CS(=O)(=O)CCC(C(=O)NCc1ccc(Cl)cc1)N1Cc2ccccc2C1=O. The second-order valence-corrected chi connectivity index (χ2v) is 9.57. The van der Waals surface area contributed by atoms with Crippen LogP contribution in [0.5, 0.6) is 0 Å². The summed E-state index contributed by atoms with van der Waals surface area (Å²) in [4.78, 5) is 27.1. The molecule has 0 fully saturated rings. The van der Waals surface area contributed by atoms with Gasteiger partial charge in [-0.25, -0.2) is 8.42 Å². The molecule has 148 valence electrons. The van der Waals surface area contributed by atoms with Crippen molar-refractivity contribution in [3.8, 4) is 0 Å². The Morgan fingerprint density at radius 2 is 1.86 bits per heavy atom. The van der Waals surface area contributed by atoms with E-state index in [-0.39, 0.29) is 37.1 Å². The predicted molar refractivity (Wildman–Crippen MR) is 108 cm³/mol. The van der Waals surface area contributed by atoms with Gasteiger partial charge >= 0.3 is 0 Å². The van der Waals surface area contributed by atoms with Crippen molar-refractivity contribution < 1.29 is 18.0 Å². The van der Waals surface area contributed by atoms with Gasteiger partial charge in [-0.1, -0.05) is 41.9 Å². The molecule has 0 bridgehead atoms. The maximum atomic E-state index is 12.9. The molecule has 0 spiro atoms. The molecule has 1 aliphatic rings. The average molecular weight is 421 g/mol. The molecule has 1 N–H and O–H groups in total. The smallest absolute Gasteiger partial charge is 0.255 e. The number of carbonyl (C=O) groups is 2. The number of benzene rings is 2. The number of carbonyl (C=O) groups excluding carboxylic acids is 2. The maximum absolute atomic E-state index is 12.9. The van der Waals surface area contributed by atoms with Crippen molar-refractivity contribution >= 4 is 33.3 Å². The number of nitrogens with zero attached hydrogens (tertiary/aromatic N) is 1. The minimum atomic E-state index is -3.27. The lowest BCUT2D eigenvalue weighted by atomic mass is 10.1. The Bertz CT molecular complexity index is 990. The van der Waals surface area contributed by atoms with E-state index in [1.54, 1.807) is 36.4 Å². The predicted octanol–water partition coefficient (Wildman–Crippen LogP) is 2.42. The van der Waals surface area contributed by atoms with Crippen molar-refractivity contribution in [3.05, 3.63) is 70.2 Å². The fraction of sp³-hybridized carbons (Fsp3) is 0.300. The van der Waals surface area contributed by atoms with Gasteiger partial charge in [0, 0.05) is 29.9 Å². The van der Waals surface area contributed by atoms with Crippen LogP contribution in [0.1, 0.15) is 27.9 Å². The molecule has 1 atom stereocenters. The molecule has 1 unspecified atom stereocenters.